The zero-order valence-electron chi connectivity index (χ0n) is 12.6. The third-order valence-corrected chi connectivity index (χ3v) is 2.96. The highest BCUT2D eigenvalue weighted by Crippen LogP contribution is 2.22. The van der Waals surface area contributed by atoms with E-state index in [4.69, 9.17) is 4.74 Å². The van der Waals surface area contributed by atoms with Crippen LogP contribution in [0.15, 0.2) is 18.2 Å². The maximum absolute atomic E-state index is 11.9. The average Bonchev–Trinajstić information content (AvgIpc) is 2.39. The van der Waals surface area contributed by atoms with Crippen LogP contribution < -0.4 is 10.1 Å². The van der Waals surface area contributed by atoms with E-state index in [-0.39, 0.29) is 6.03 Å². The largest absolute Gasteiger partial charge is 0.494 e. The molecule has 0 heterocycles. The fraction of sp³-hybridized carbons (Fsp3) is 0.533. The molecular formula is C15H24N2O3. The van der Waals surface area contributed by atoms with Gasteiger partial charge in [0.15, 0.2) is 0 Å². The zero-order chi connectivity index (χ0) is 15.1. The Hall–Kier alpha value is -1.75. The number of nitrogens with zero attached hydrogens (tertiary/aromatic N) is 1. The lowest BCUT2D eigenvalue weighted by molar-refractivity contribution is 0.167. The second-order valence-electron chi connectivity index (χ2n) is 4.90. The van der Waals surface area contributed by atoms with Crippen molar-refractivity contribution in [3.63, 3.8) is 0 Å². The van der Waals surface area contributed by atoms with Crippen LogP contribution in [0.2, 0.25) is 0 Å². The van der Waals surface area contributed by atoms with Crippen LogP contribution in [-0.2, 0) is 0 Å². The molecule has 2 amide bonds. The maximum atomic E-state index is 11.9. The van der Waals surface area contributed by atoms with Crippen molar-refractivity contribution in [2.75, 3.05) is 25.5 Å². The Balaban J connectivity index is 2.59. The Morgan fingerprint density at radius 1 is 1.50 bits per heavy atom. The Morgan fingerprint density at radius 3 is 2.75 bits per heavy atom. The molecule has 1 aromatic rings. The van der Waals surface area contributed by atoms with Crippen molar-refractivity contribution in [1.82, 2.24) is 4.90 Å². The van der Waals surface area contributed by atoms with E-state index >= 15 is 0 Å². The van der Waals surface area contributed by atoms with Gasteiger partial charge in [0.2, 0.25) is 0 Å². The Labute approximate surface area is 120 Å². The molecule has 5 heteroatoms. The second kappa shape index (κ2) is 7.75. The summed E-state index contributed by atoms with van der Waals surface area (Å²) in [6.45, 7) is 6.72. The number of carbonyl (C=O) groups excluding carboxylic acids is 1. The molecule has 1 unspecified atom stereocenters. The van der Waals surface area contributed by atoms with Crippen LogP contribution in [0.4, 0.5) is 10.5 Å². The molecule has 0 radical (unpaired) electrons. The van der Waals surface area contributed by atoms with E-state index < -0.39 is 6.10 Å². The highest BCUT2D eigenvalue weighted by molar-refractivity contribution is 5.89. The molecule has 0 aromatic heterocycles. The number of benzene rings is 1. The van der Waals surface area contributed by atoms with Gasteiger partial charge in [-0.3, -0.25) is 0 Å². The third-order valence-electron chi connectivity index (χ3n) is 2.96. The normalized spacial score (nSPS) is 11.8. The van der Waals surface area contributed by atoms with Crippen LogP contribution in [0.25, 0.3) is 0 Å². The summed E-state index contributed by atoms with van der Waals surface area (Å²) in [5.41, 5.74) is 1.72. The first kappa shape index (κ1) is 16.3. The number of hydrogen-bond acceptors (Lipinski definition) is 3. The fourth-order valence-electron chi connectivity index (χ4n) is 1.75. The number of anilines is 1. The smallest absolute Gasteiger partial charge is 0.321 e. The summed E-state index contributed by atoms with van der Waals surface area (Å²) in [6, 6.07) is 5.36. The second-order valence-corrected chi connectivity index (χ2v) is 4.90. The molecule has 20 heavy (non-hydrogen) atoms. The molecule has 2 N–H and O–H groups in total. The minimum absolute atomic E-state index is 0.186. The summed E-state index contributed by atoms with van der Waals surface area (Å²) >= 11 is 0. The standard InChI is InChI=1S/C15H24N2O3/c1-5-20-14-7-6-13(10-11(14)2)16-15(19)17(4)9-8-12(3)18/h6-7,10,12,18H,5,8-9H2,1-4H3,(H,16,19). The van der Waals surface area contributed by atoms with Crippen LogP contribution in [0, 0.1) is 6.92 Å². The maximum Gasteiger partial charge on any atom is 0.321 e. The lowest BCUT2D eigenvalue weighted by Crippen LogP contribution is -2.33. The predicted octanol–water partition coefficient (Wildman–Crippen LogP) is 2.63. The summed E-state index contributed by atoms with van der Waals surface area (Å²) in [6.07, 6.45) is 0.157. The minimum atomic E-state index is -0.405. The predicted molar refractivity (Wildman–Crippen MR) is 80.3 cm³/mol. The number of ether oxygens (including phenoxy) is 1. The Bertz CT molecular complexity index is 447. The minimum Gasteiger partial charge on any atom is -0.494 e. The van der Waals surface area contributed by atoms with E-state index in [1.165, 1.54) is 0 Å². The van der Waals surface area contributed by atoms with Gasteiger partial charge in [-0.2, -0.15) is 0 Å². The van der Waals surface area contributed by atoms with E-state index in [2.05, 4.69) is 5.32 Å². The van der Waals surface area contributed by atoms with Crippen LogP contribution in [-0.4, -0.2) is 42.3 Å². The molecule has 0 bridgehead atoms. The van der Waals surface area contributed by atoms with Gasteiger partial charge in [0.25, 0.3) is 0 Å². The SMILES string of the molecule is CCOc1ccc(NC(=O)N(C)CCC(C)O)cc1C. The van der Waals surface area contributed by atoms with Gasteiger partial charge in [0.1, 0.15) is 5.75 Å². The molecule has 112 valence electrons. The van der Waals surface area contributed by atoms with Gasteiger partial charge in [-0.1, -0.05) is 0 Å². The summed E-state index contributed by atoms with van der Waals surface area (Å²) < 4.78 is 5.46. The number of aliphatic hydroxyl groups excluding tert-OH is 1. The summed E-state index contributed by atoms with van der Waals surface area (Å²) in [5.74, 6) is 0.827. The molecule has 0 aliphatic heterocycles. The number of rotatable bonds is 6. The van der Waals surface area contributed by atoms with Gasteiger partial charge < -0.3 is 20.1 Å². The van der Waals surface area contributed by atoms with Gasteiger partial charge in [-0.25, -0.2) is 4.79 Å². The molecule has 1 atom stereocenters. The first-order valence-electron chi connectivity index (χ1n) is 6.87. The van der Waals surface area contributed by atoms with Crippen molar-refractivity contribution in [3.05, 3.63) is 23.8 Å². The van der Waals surface area contributed by atoms with Gasteiger partial charge in [-0.05, 0) is 51.0 Å². The number of nitrogens with one attached hydrogen (secondary N) is 1. The molecule has 0 spiro atoms. The molecule has 5 nitrogen and oxygen atoms in total. The molecule has 0 saturated carbocycles. The van der Waals surface area contributed by atoms with E-state index in [0.717, 1.165) is 17.0 Å². The number of hydrogen-bond donors (Lipinski definition) is 2. The van der Waals surface area contributed by atoms with Crippen molar-refractivity contribution >= 4 is 11.7 Å². The lowest BCUT2D eigenvalue weighted by atomic mass is 10.2. The van der Waals surface area contributed by atoms with Crippen LogP contribution in [0.1, 0.15) is 25.8 Å². The Morgan fingerprint density at radius 2 is 2.20 bits per heavy atom. The number of urea groups is 1. The van der Waals surface area contributed by atoms with Crippen molar-refractivity contribution in [2.24, 2.45) is 0 Å². The van der Waals surface area contributed by atoms with Crippen LogP contribution in [0.5, 0.6) is 5.75 Å². The average molecular weight is 280 g/mol. The Kier molecular flexibility index (Phi) is 6.31. The van der Waals surface area contributed by atoms with Crippen LogP contribution in [0.3, 0.4) is 0 Å². The van der Waals surface area contributed by atoms with Gasteiger partial charge in [-0.15, -0.1) is 0 Å². The molecular weight excluding hydrogens is 256 g/mol. The molecule has 0 aliphatic carbocycles. The highest BCUT2D eigenvalue weighted by Gasteiger charge is 2.10. The van der Waals surface area contributed by atoms with Crippen molar-refractivity contribution in [1.29, 1.82) is 0 Å². The molecule has 0 saturated heterocycles. The van der Waals surface area contributed by atoms with Crippen molar-refractivity contribution < 1.29 is 14.6 Å². The number of amides is 2. The monoisotopic (exact) mass is 280 g/mol. The topological polar surface area (TPSA) is 61.8 Å². The van der Waals surface area contributed by atoms with E-state index in [1.807, 2.05) is 32.0 Å². The van der Waals surface area contributed by atoms with E-state index in [0.29, 0.717) is 19.6 Å². The summed E-state index contributed by atoms with van der Waals surface area (Å²) in [5, 5.41) is 12.0. The quantitative estimate of drug-likeness (QED) is 0.842. The lowest BCUT2D eigenvalue weighted by Gasteiger charge is -2.19. The van der Waals surface area contributed by atoms with Gasteiger partial charge in [0, 0.05) is 19.3 Å². The molecule has 1 rings (SSSR count). The summed E-state index contributed by atoms with van der Waals surface area (Å²) in [7, 11) is 1.71. The zero-order valence-corrected chi connectivity index (χ0v) is 12.6. The number of aliphatic hydroxyl groups is 1. The van der Waals surface area contributed by atoms with E-state index in [1.54, 1.807) is 18.9 Å². The molecule has 1 aromatic carbocycles. The van der Waals surface area contributed by atoms with E-state index in [9.17, 15) is 9.90 Å². The van der Waals surface area contributed by atoms with Crippen LogP contribution >= 0.6 is 0 Å². The number of aryl methyl sites for hydroxylation is 1. The first-order chi connectivity index (χ1) is 9.43. The molecule has 0 aliphatic rings. The van der Waals surface area contributed by atoms with Crippen molar-refractivity contribution in [2.45, 2.75) is 33.3 Å². The van der Waals surface area contributed by atoms with Crippen molar-refractivity contribution in [3.8, 4) is 5.75 Å². The van der Waals surface area contributed by atoms with Gasteiger partial charge >= 0.3 is 6.03 Å². The fourth-order valence-corrected chi connectivity index (χ4v) is 1.75. The third kappa shape index (κ3) is 5.09. The van der Waals surface area contributed by atoms with Gasteiger partial charge in [0.05, 0.1) is 12.7 Å². The highest BCUT2D eigenvalue weighted by atomic mass is 16.5. The number of carbonyl (C=O) groups is 1. The first-order valence-corrected chi connectivity index (χ1v) is 6.87. The summed E-state index contributed by atoms with van der Waals surface area (Å²) in [4.78, 5) is 13.5. The molecule has 0 fully saturated rings.